The first-order valence-electron chi connectivity index (χ1n) is 8.87. The maximum atomic E-state index is 12.3. The van der Waals surface area contributed by atoms with E-state index < -0.39 is 10.8 Å². The number of nitrogens with zero attached hydrogens (tertiary/aromatic N) is 2. The van der Waals surface area contributed by atoms with Gasteiger partial charge in [-0.05, 0) is 42.0 Å². The zero-order valence-electron chi connectivity index (χ0n) is 16.0. The summed E-state index contributed by atoms with van der Waals surface area (Å²) in [4.78, 5) is 22.6. The van der Waals surface area contributed by atoms with E-state index in [1.807, 2.05) is 18.2 Å². The second kappa shape index (κ2) is 9.21. The van der Waals surface area contributed by atoms with Gasteiger partial charge in [0, 0.05) is 30.3 Å². The Kier molecular flexibility index (Phi) is 6.25. The van der Waals surface area contributed by atoms with Crippen LogP contribution in [0, 0.1) is 21.4 Å². The van der Waals surface area contributed by atoms with Crippen LogP contribution in [0.4, 0.5) is 5.69 Å². The average molecular weight is 403 g/mol. The summed E-state index contributed by atoms with van der Waals surface area (Å²) in [5.74, 6) is 0.970. The van der Waals surface area contributed by atoms with E-state index in [1.165, 1.54) is 18.2 Å². The van der Waals surface area contributed by atoms with E-state index in [-0.39, 0.29) is 17.8 Å². The first-order chi connectivity index (χ1) is 14.5. The molecule has 1 aromatic heterocycles. The molecule has 0 atom stereocenters. The molecule has 0 aliphatic heterocycles. The van der Waals surface area contributed by atoms with Crippen LogP contribution in [0.3, 0.4) is 0 Å². The summed E-state index contributed by atoms with van der Waals surface area (Å²) in [5, 5.41) is 22.8. The molecule has 0 bridgehead atoms. The topological polar surface area (TPSA) is 118 Å². The number of ether oxygens (including phenoxy) is 1. The minimum absolute atomic E-state index is 0.0225. The normalized spacial score (nSPS) is 10.9. The zero-order chi connectivity index (χ0) is 21.5. The number of amides is 1. The number of rotatable bonds is 7. The SMILES string of the molecule is COc1ccc(CNC(=O)/C(C#N)=C/c2ccc(-c3ccc([N+](=O)[O-])cc3)o2)cc1. The second-order valence-corrected chi connectivity index (χ2v) is 6.21. The Bertz CT molecular complexity index is 1120. The molecule has 0 spiro atoms. The van der Waals surface area contributed by atoms with Crippen molar-refractivity contribution in [2.75, 3.05) is 7.11 Å². The summed E-state index contributed by atoms with van der Waals surface area (Å²) < 4.78 is 10.7. The van der Waals surface area contributed by atoms with Gasteiger partial charge in [-0.15, -0.1) is 0 Å². The van der Waals surface area contributed by atoms with Gasteiger partial charge in [0.15, 0.2) is 0 Å². The number of hydrogen-bond acceptors (Lipinski definition) is 6. The van der Waals surface area contributed by atoms with Crippen LogP contribution in [0.5, 0.6) is 5.75 Å². The number of benzene rings is 2. The van der Waals surface area contributed by atoms with E-state index in [9.17, 15) is 20.2 Å². The highest BCUT2D eigenvalue weighted by Gasteiger charge is 2.12. The van der Waals surface area contributed by atoms with Crippen molar-refractivity contribution in [3.8, 4) is 23.1 Å². The van der Waals surface area contributed by atoms with E-state index in [2.05, 4.69) is 5.32 Å². The molecule has 0 saturated heterocycles. The summed E-state index contributed by atoms with van der Waals surface area (Å²) >= 11 is 0. The van der Waals surface area contributed by atoms with Crippen LogP contribution in [-0.4, -0.2) is 17.9 Å². The summed E-state index contributed by atoms with van der Waals surface area (Å²) in [5.41, 5.74) is 1.38. The van der Waals surface area contributed by atoms with Crippen molar-refractivity contribution >= 4 is 17.7 Å². The van der Waals surface area contributed by atoms with E-state index in [0.717, 1.165) is 5.56 Å². The van der Waals surface area contributed by atoms with Gasteiger partial charge in [-0.3, -0.25) is 14.9 Å². The van der Waals surface area contributed by atoms with Crippen LogP contribution in [0.1, 0.15) is 11.3 Å². The molecule has 2 aromatic carbocycles. The molecular weight excluding hydrogens is 386 g/mol. The number of carbonyl (C=O) groups excluding carboxylic acids is 1. The van der Waals surface area contributed by atoms with Crippen LogP contribution in [0.2, 0.25) is 0 Å². The predicted molar refractivity (Wildman–Crippen MR) is 109 cm³/mol. The zero-order valence-corrected chi connectivity index (χ0v) is 16.0. The third-order valence-electron chi connectivity index (χ3n) is 4.25. The number of hydrogen-bond donors (Lipinski definition) is 1. The van der Waals surface area contributed by atoms with Crippen molar-refractivity contribution in [2.24, 2.45) is 0 Å². The van der Waals surface area contributed by atoms with Crippen LogP contribution < -0.4 is 10.1 Å². The largest absolute Gasteiger partial charge is 0.497 e. The molecule has 1 heterocycles. The minimum Gasteiger partial charge on any atom is -0.497 e. The molecule has 3 aromatic rings. The van der Waals surface area contributed by atoms with Crippen LogP contribution >= 0.6 is 0 Å². The lowest BCUT2D eigenvalue weighted by Crippen LogP contribution is -2.23. The molecule has 0 saturated carbocycles. The van der Waals surface area contributed by atoms with E-state index >= 15 is 0 Å². The third kappa shape index (κ3) is 4.91. The van der Waals surface area contributed by atoms with Crippen molar-refractivity contribution in [3.63, 3.8) is 0 Å². The van der Waals surface area contributed by atoms with Crippen LogP contribution in [-0.2, 0) is 11.3 Å². The molecule has 0 fully saturated rings. The highest BCUT2D eigenvalue weighted by molar-refractivity contribution is 6.01. The number of methoxy groups -OCH3 is 1. The fourth-order valence-corrected chi connectivity index (χ4v) is 2.64. The third-order valence-corrected chi connectivity index (χ3v) is 4.25. The number of non-ortho nitro benzene ring substituents is 1. The molecule has 30 heavy (non-hydrogen) atoms. The predicted octanol–water partition coefficient (Wildman–Crippen LogP) is 4.09. The van der Waals surface area contributed by atoms with Crippen molar-refractivity contribution < 1.29 is 18.9 Å². The Balaban J connectivity index is 1.68. The molecular formula is C22H17N3O5. The first kappa shape index (κ1) is 20.4. The summed E-state index contributed by atoms with van der Waals surface area (Å²) in [7, 11) is 1.57. The number of nitro benzene ring substituents is 1. The van der Waals surface area contributed by atoms with Crippen molar-refractivity contribution in [2.45, 2.75) is 6.54 Å². The molecule has 150 valence electrons. The monoisotopic (exact) mass is 403 g/mol. The molecule has 0 unspecified atom stereocenters. The van der Waals surface area contributed by atoms with Gasteiger partial charge in [-0.1, -0.05) is 12.1 Å². The Morgan fingerprint density at radius 2 is 1.87 bits per heavy atom. The van der Waals surface area contributed by atoms with Gasteiger partial charge < -0.3 is 14.5 Å². The molecule has 8 heteroatoms. The molecule has 0 aliphatic carbocycles. The van der Waals surface area contributed by atoms with E-state index in [4.69, 9.17) is 9.15 Å². The standard InChI is InChI=1S/C22H17N3O5/c1-29-19-8-2-15(3-9-19)14-24-22(26)17(13-23)12-20-10-11-21(30-20)16-4-6-18(7-5-16)25(27)28/h2-12H,14H2,1H3,(H,24,26)/b17-12+. The second-order valence-electron chi connectivity index (χ2n) is 6.21. The lowest BCUT2D eigenvalue weighted by atomic mass is 10.1. The first-order valence-corrected chi connectivity index (χ1v) is 8.87. The highest BCUT2D eigenvalue weighted by atomic mass is 16.6. The summed E-state index contributed by atoms with van der Waals surface area (Å²) in [6.45, 7) is 0.258. The van der Waals surface area contributed by atoms with Crippen molar-refractivity contribution in [1.82, 2.24) is 5.32 Å². The summed E-state index contributed by atoms with van der Waals surface area (Å²) in [6.07, 6.45) is 1.35. The fraction of sp³-hybridized carbons (Fsp3) is 0.0909. The Morgan fingerprint density at radius 1 is 1.17 bits per heavy atom. The van der Waals surface area contributed by atoms with Crippen LogP contribution in [0.15, 0.2) is 70.7 Å². The molecule has 1 N–H and O–H groups in total. The molecule has 1 amide bonds. The fourth-order valence-electron chi connectivity index (χ4n) is 2.64. The smallest absolute Gasteiger partial charge is 0.269 e. The van der Waals surface area contributed by atoms with Crippen molar-refractivity contribution in [3.05, 3.63) is 87.7 Å². The molecule has 8 nitrogen and oxygen atoms in total. The number of furan rings is 1. The quantitative estimate of drug-likeness (QED) is 0.275. The minimum atomic E-state index is -0.526. The van der Waals surface area contributed by atoms with Gasteiger partial charge in [0.2, 0.25) is 0 Å². The maximum Gasteiger partial charge on any atom is 0.269 e. The lowest BCUT2D eigenvalue weighted by Gasteiger charge is -2.05. The lowest BCUT2D eigenvalue weighted by molar-refractivity contribution is -0.384. The molecule has 0 radical (unpaired) electrons. The van der Waals surface area contributed by atoms with Gasteiger partial charge in [-0.25, -0.2) is 0 Å². The number of nitrogens with one attached hydrogen (secondary N) is 1. The van der Waals surface area contributed by atoms with Gasteiger partial charge in [0.25, 0.3) is 11.6 Å². The Labute approximate surface area is 172 Å². The molecule has 3 rings (SSSR count). The van der Waals surface area contributed by atoms with E-state index in [0.29, 0.717) is 22.8 Å². The average Bonchev–Trinajstić information content (AvgIpc) is 3.25. The van der Waals surface area contributed by atoms with E-state index in [1.54, 1.807) is 43.5 Å². The number of nitro groups is 1. The molecule has 0 aliphatic rings. The van der Waals surface area contributed by atoms with Crippen molar-refractivity contribution in [1.29, 1.82) is 5.26 Å². The summed E-state index contributed by atoms with van der Waals surface area (Å²) in [6, 6.07) is 18.2. The van der Waals surface area contributed by atoms with Gasteiger partial charge in [0.05, 0.1) is 12.0 Å². The number of nitriles is 1. The number of carbonyl (C=O) groups is 1. The van der Waals surface area contributed by atoms with Crippen LogP contribution in [0.25, 0.3) is 17.4 Å². The highest BCUT2D eigenvalue weighted by Crippen LogP contribution is 2.25. The maximum absolute atomic E-state index is 12.3. The van der Waals surface area contributed by atoms with Gasteiger partial charge in [0.1, 0.15) is 28.9 Å². The Hall–Kier alpha value is -4.38. The van der Waals surface area contributed by atoms with Gasteiger partial charge in [-0.2, -0.15) is 5.26 Å². The van der Waals surface area contributed by atoms with Gasteiger partial charge >= 0.3 is 0 Å². The Morgan fingerprint density at radius 3 is 2.47 bits per heavy atom.